The van der Waals surface area contributed by atoms with E-state index >= 15 is 0 Å². The molecule has 2 aliphatic carbocycles. The third-order valence-corrected chi connectivity index (χ3v) is 11.2. The van der Waals surface area contributed by atoms with E-state index in [1.54, 1.807) is 12.1 Å². The fraction of sp³-hybridized carbons (Fsp3) is 0.346. The Bertz CT molecular complexity index is 1630. The van der Waals surface area contributed by atoms with E-state index < -0.39 is 46.2 Å². The fourth-order valence-electron chi connectivity index (χ4n) is 7.30. The van der Waals surface area contributed by atoms with Gasteiger partial charge in [-0.1, -0.05) is 29.5 Å². The molecule has 2 amide bonds. The summed E-state index contributed by atoms with van der Waals surface area (Å²) in [5, 5.41) is 12.0. The van der Waals surface area contributed by atoms with Gasteiger partial charge in [0.1, 0.15) is 0 Å². The van der Waals surface area contributed by atoms with Gasteiger partial charge in [-0.2, -0.15) is 13.2 Å². The number of thiazole rings is 1. The largest absolute Gasteiger partial charge is 0.416 e. The van der Waals surface area contributed by atoms with Crippen molar-refractivity contribution in [3.63, 3.8) is 0 Å². The van der Waals surface area contributed by atoms with Crippen molar-refractivity contribution in [2.24, 2.45) is 29.6 Å². The van der Waals surface area contributed by atoms with Crippen molar-refractivity contribution in [2.45, 2.75) is 28.8 Å². The maximum Gasteiger partial charge on any atom is 0.416 e. The summed E-state index contributed by atoms with van der Waals surface area (Å²) in [6.45, 7) is 0. The van der Waals surface area contributed by atoms with Crippen LogP contribution in [0.25, 0.3) is 0 Å². The summed E-state index contributed by atoms with van der Waals surface area (Å²) >= 11 is 2.51. The second-order valence-electron chi connectivity index (χ2n) is 10.4. The van der Waals surface area contributed by atoms with Gasteiger partial charge in [0.05, 0.1) is 33.0 Å². The fourth-order valence-corrected chi connectivity index (χ4v) is 10.2. The summed E-state index contributed by atoms with van der Waals surface area (Å²) in [7, 11) is 0. The van der Waals surface area contributed by atoms with Crippen molar-refractivity contribution in [2.75, 3.05) is 4.90 Å². The molecular weight excluding hydrogens is 555 g/mol. The Kier molecular flexibility index (Phi) is 5.22. The van der Waals surface area contributed by atoms with Gasteiger partial charge >= 0.3 is 11.0 Å². The van der Waals surface area contributed by atoms with Gasteiger partial charge in [-0.05, 0) is 47.9 Å². The third-order valence-electron chi connectivity index (χ3n) is 8.60. The number of halogens is 3. The number of imide groups is 1. The highest BCUT2D eigenvalue weighted by atomic mass is 32.2. The molecule has 3 aromatic rings. The van der Waals surface area contributed by atoms with Crippen molar-refractivity contribution < 1.29 is 27.7 Å². The van der Waals surface area contributed by atoms with Gasteiger partial charge in [0.2, 0.25) is 11.8 Å². The summed E-state index contributed by atoms with van der Waals surface area (Å²) in [6, 6.07) is 10.5. The number of nitrogens with one attached hydrogen (secondary N) is 1. The number of anilines is 1. The molecule has 3 fully saturated rings. The molecule has 39 heavy (non-hydrogen) atoms. The van der Waals surface area contributed by atoms with Crippen LogP contribution in [0.5, 0.6) is 0 Å². The van der Waals surface area contributed by atoms with Crippen LogP contribution in [-0.4, -0.2) is 27.0 Å². The van der Waals surface area contributed by atoms with Gasteiger partial charge in [0, 0.05) is 28.2 Å². The Morgan fingerprint density at radius 2 is 1.72 bits per heavy atom. The first kappa shape index (κ1) is 24.6. The van der Waals surface area contributed by atoms with Gasteiger partial charge < -0.3 is 4.98 Å². The molecule has 7 rings (SSSR count). The average Bonchev–Trinajstić information content (AvgIpc) is 3.62. The second-order valence-corrected chi connectivity index (χ2v) is 12.6. The first-order valence-electron chi connectivity index (χ1n) is 12.2. The molecule has 2 aromatic carbocycles. The van der Waals surface area contributed by atoms with E-state index in [1.807, 2.05) is 0 Å². The van der Waals surface area contributed by atoms with Crippen LogP contribution in [0, 0.1) is 39.7 Å². The number of nitro groups is 1. The second kappa shape index (κ2) is 8.28. The molecule has 8 nitrogen and oxygen atoms in total. The number of carbonyl (C=O) groups is 2. The minimum Gasteiger partial charge on any atom is -0.307 e. The Labute approximate surface area is 226 Å². The zero-order chi connectivity index (χ0) is 27.4. The molecular formula is C26H18F3N3O5S2. The highest BCUT2D eigenvalue weighted by Crippen LogP contribution is 2.68. The topological polar surface area (TPSA) is 113 Å². The van der Waals surface area contributed by atoms with Crippen LogP contribution in [0.3, 0.4) is 0 Å². The first-order valence-corrected chi connectivity index (χ1v) is 13.9. The molecule has 1 aromatic heterocycles. The van der Waals surface area contributed by atoms with Crippen LogP contribution in [-0.2, 0) is 15.8 Å². The summed E-state index contributed by atoms with van der Waals surface area (Å²) in [5.74, 6) is -3.42. The molecule has 1 N–H and O–H groups in total. The first-order chi connectivity index (χ1) is 18.5. The number of fused-ring (bicyclic) bond motifs is 9. The molecule has 2 aliphatic heterocycles. The maximum atomic E-state index is 13.7. The Morgan fingerprint density at radius 1 is 1.00 bits per heavy atom. The van der Waals surface area contributed by atoms with Crippen LogP contribution in [0.4, 0.5) is 24.5 Å². The number of aromatic nitrogens is 1. The number of thioether (sulfide) groups is 1. The number of non-ortho nitro benzene ring substituents is 1. The maximum absolute atomic E-state index is 13.7. The van der Waals surface area contributed by atoms with Crippen LogP contribution >= 0.6 is 23.1 Å². The van der Waals surface area contributed by atoms with E-state index in [4.69, 9.17) is 0 Å². The number of alkyl halides is 3. The Balaban J connectivity index is 1.31. The number of hydrogen-bond acceptors (Lipinski definition) is 7. The predicted octanol–water partition coefficient (Wildman–Crippen LogP) is 5.04. The molecule has 200 valence electrons. The van der Waals surface area contributed by atoms with Crippen LogP contribution in [0.1, 0.15) is 28.3 Å². The highest BCUT2D eigenvalue weighted by Gasteiger charge is 2.69. The zero-order valence-electron chi connectivity index (χ0n) is 19.8. The van der Waals surface area contributed by atoms with Gasteiger partial charge in [-0.3, -0.25) is 29.4 Å². The number of amides is 2. The number of benzene rings is 2. The highest BCUT2D eigenvalue weighted by molar-refractivity contribution is 8.00. The lowest BCUT2D eigenvalue weighted by molar-refractivity contribution is -0.384. The van der Waals surface area contributed by atoms with Gasteiger partial charge in [0.15, 0.2) is 0 Å². The summed E-state index contributed by atoms with van der Waals surface area (Å²) < 4.78 is 40.1. The summed E-state index contributed by atoms with van der Waals surface area (Å²) in [4.78, 5) is 55.0. The number of carbonyl (C=O) groups excluding carboxylic acids is 2. The molecule has 2 saturated carbocycles. The molecule has 3 heterocycles. The number of nitro benzene ring substituents is 1. The SMILES string of the molecule is O=C1[C@@H]2[C@H]3C[C@@H]([C@@H]2C(=O)N1c1cccc(C(F)(F)F)c1)[C@@H]1[C@H](c2cccc([N+](=O)[O-])c2)c2sc(=O)[nH]c2S[C@H]31. The average molecular weight is 574 g/mol. The van der Waals surface area contributed by atoms with Crippen molar-refractivity contribution in [1.29, 1.82) is 0 Å². The normalized spacial score (nSPS) is 30.8. The smallest absolute Gasteiger partial charge is 0.307 e. The standard InChI is InChI=1S/C26H18F3N3O5S2/c27-26(28,29)11-4-2-5-12(8-11)31-23(33)18-14-9-15(19(18)24(31)34)20-17(14)16(21-22(38-20)30-25(35)39-21)10-3-1-6-13(7-10)32(36)37/h1-8,14-20H,9H2,(H,30,35)/t14-,15-,16+,17-,18+,19-,20-/m1/s1. The van der Waals surface area contributed by atoms with Crippen molar-refractivity contribution in [3.05, 3.63) is 84.3 Å². The van der Waals surface area contributed by atoms with E-state index in [9.17, 15) is 37.7 Å². The van der Waals surface area contributed by atoms with Gasteiger partial charge in [-0.15, -0.1) is 11.8 Å². The minimum atomic E-state index is -4.62. The number of aromatic amines is 1. The molecule has 1 saturated heterocycles. The van der Waals surface area contributed by atoms with Crippen LogP contribution in [0.2, 0.25) is 0 Å². The monoisotopic (exact) mass is 573 g/mol. The lowest BCUT2D eigenvalue weighted by Gasteiger charge is -2.42. The third kappa shape index (κ3) is 3.48. The molecule has 0 unspecified atom stereocenters. The zero-order valence-corrected chi connectivity index (χ0v) is 21.4. The quantitative estimate of drug-likeness (QED) is 0.267. The van der Waals surface area contributed by atoms with E-state index in [-0.39, 0.29) is 39.3 Å². The Morgan fingerprint density at radius 3 is 2.44 bits per heavy atom. The lowest BCUT2D eigenvalue weighted by Crippen LogP contribution is -2.42. The molecule has 7 atom stereocenters. The summed E-state index contributed by atoms with van der Waals surface area (Å²) in [6.07, 6.45) is -4.03. The van der Waals surface area contributed by atoms with E-state index in [0.29, 0.717) is 17.0 Å². The van der Waals surface area contributed by atoms with E-state index in [2.05, 4.69) is 4.98 Å². The molecule has 0 radical (unpaired) electrons. The van der Waals surface area contributed by atoms with Gasteiger partial charge in [-0.25, -0.2) is 0 Å². The van der Waals surface area contributed by atoms with E-state index in [0.717, 1.165) is 33.2 Å². The number of hydrogen-bond donors (Lipinski definition) is 1. The van der Waals surface area contributed by atoms with E-state index in [1.165, 1.54) is 36.0 Å². The lowest BCUT2D eigenvalue weighted by atomic mass is 9.68. The predicted molar refractivity (Wildman–Crippen MR) is 136 cm³/mol. The van der Waals surface area contributed by atoms with Crippen LogP contribution < -0.4 is 9.77 Å². The molecule has 4 aliphatic rings. The number of nitrogens with zero attached hydrogens (tertiary/aromatic N) is 2. The van der Waals surface area contributed by atoms with Crippen molar-refractivity contribution >= 4 is 46.3 Å². The molecule has 2 bridgehead atoms. The van der Waals surface area contributed by atoms with Gasteiger partial charge in [0.25, 0.3) is 5.69 Å². The Hall–Kier alpha value is -3.45. The molecule has 0 spiro atoms. The summed E-state index contributed by atoms with van der Waals surface area (Å²) in [5.41, 5.74) is -0.464. The minimum absolute atomic E-state index is 0.0874. The van der Waals surface area contributed by atoms with Crippen LogP contribution in [0.15, 0.2) is 58.4 Å². The number of H-pyrrole nitrogens is 1. The molecule has 13 heteroatoms. The van der Waals surface area contributed by atoms with Crippen molar-refractivity contribution in [3.8, 4) is 0 Å². The number of rotatable bonds is 3. The van der Waals surface area contributed by atoms with Crippen molar-refractivity contribution in [1.82, 2.24) is 4.98 Å².